The van der Waals surface area contributed by atoms with E-state index in [1.807, 2.05) is 11.6 Å². The van der Waals surface area contributed by atoms with Crippen molar-refractivity contribution >= 4 is 27.7 Å². The Morgan fingerprint density at radius 3 is 2.29 bits per heavy atom. The van der Waals surface area contributed by atoms with Crippen LogP contribution in [0.1, 0.15) is 38.4 Å². The number of imide groups is 1. The first-order valence-corrected chi connectivity index (χ1v) is 16.1. The van der Waals surface area contributed by atoms with E-state index in [2.05, 4.69) is 10.4 Å². The second kappa shape index (κ2) is 12.7. The van der Waals surface area contributed by atoms with Gasteiger partial charge in [0.15, 0.2) is 5.69 Å². The Balaban J connectivity index is 1.08. The molecule has 6 rings (SSSR count). The Labute approximate surface area is 276 Å². The summed E-state index contributed by atoms with van der Waals surface area (Å²) < 4.78 is 69.7. The van der Waals surface area contributed by atoms with Crippen LogP contribution in [0.2, 0.25) is 0 Å². The van der Waals surface area contributed by atoms with E-state index >= 15 is 0 Å². The zero-order chi connectivity index (χ0) is 35.1. The predicted octanol–water partition coefficient (Wildman–Crippen LogP) is 4.06. The van der Waals surface area contributed by atoms with Gasteiger partial charge in [-0.3, -0.25) is 14.4 Å². The fraction of sp³-hybridized carbons (Fsp3) is 0.226. The van der Waals surface area contributed by atoms with Crippen LogP contribution in [0.25, 0.3) is 16.9 Å². The minimum Gasteiger partial charge on any atom is -0.569 e. The van der Waals surface area contributed by atoms with E-state index in [-0.39, 0.29) is 51.9 Å². The van der Waals surface area contributed by atoms with Crippen LogP contribution in [0, 0.1) is 18.0 Å². The summed E-state index contributed by atoms with van der Waals surface area (Å²) in [5, 5.41) is 20.6. The van der Waals surface area contributed by atoms with E-state index in [1.165, 1.54) is 24.3 Å². The minimum absolute atomic E-state index is 0.0172. The summed E-state index contributed by atoms with van der Waals surface area (Å²) >= 11 is 0. The molecule has 4 aromatic rings. The molecule has 3 amide bonds. The Morgan fingerprint density at radius 2 is 1.67 bits per heavy atom. The highest BCUT2D eigenvalue weighted by atomic mass is 32.2. The number of aryl methyl sites for hydroxylation is 1. The highest BCUT2D eigenvalue weighted by Crippen LogP contribution is 2.33. The smallest absolute Gasteiger partial charge is 0.435 e. The fourth-order valence-corrected chi connectivity index (χ4v) is 6.38. The maximum absolute atomic E-state index is 13.5. The van der Waals surface area contributed by atoms with Gasteiger partial charge in [-0.05, 0) is 55.8 Å². The van der Waals surface area contributed by atoms with E-state index in [9.17, 15) is 41.2 Å². The number of hydrogen-bond donors (Lipinski definition) is 1. The molecule has 0 saturated carbocycles. The lowest BCUT2D eigenvalue weighted by Crippen LogP contribution is -2.38. The number of fused-ring (bicyclic) bond motifs is 1. The summed E-state index contributed by atoms with van der Waals surface area (Å²) in [5.41, 5.74) is 0.901. The molecule has 3 heterocycles. The van der Waals surface area contributed by atoms with Gasteiger partial charge in [0.25, 0.3) is 21.8 Å². The third-order valence-electron chi connectivity index (χ3n) is 7.95. The Bertz CT molecular complexity index is 2050. The molecule has 1 aromatic heterocycles. The molecule has 0 spiro atoms. The highest BCUT2D eigenvalue weighted by Gasteiger charge is 2.38. The average Bonchev–Trinajstić information content (AvgIpc) is 3.80. The monoisotopic (exact) mass is 697 g/mol. The van der Waals surface area contributed by atoms with Crippen molar-refractivity contribution in [3.8, 4) is 16.9 Å². The Kier molecular flexibility index (Phi) is 8.57. The third-order valence-corrected chi connectivity index (χ3v) is 9.31. The normalized spacial score (nSPS) is 16.7. The summed E-state index contributed by atoms with van der Waals surface area (Å²) in [4.78, 5) is 43.1. The van der Waals surface area contributed by atoms with Crippen molar-refractivity contribution in [2.24, 2.45) is 11.2 Å². The second-order valence-corrected chi connectivity index (χ2v) is 12.9. The number of nitrogens with zero attached hydrogens (tertiary/aromatic N) is 6. The van der Waals surface area contributed by atoms with E-state index in [0.717, 1.165) is 38.4 Å². The first-order chi connectivity index (χ1) is 23.2. The molecule has 1 fully saturated rings. The van der Waals surface area contributed by atoms with Crippen molar-refractivity contribution < 1.29 is 45.8 Å². The van der Waals surface area contributed by atoms with Crippen molar-refractivity contribution in [3.63, 3.8) is 0 Å². The molecule has 18 heteroatoms. The number of halogens is 3. The van der Waals surface area contributed by atoms with Crippen molar-refractivity contribution in [2.75, 3.05) is 19.8 Å². The van der Waals surface area contributed by atoms with Crippen LogP contribution in [-0.4, -0.2) is 70.6 Å². The van der Waals surface area contributed by atoms with E-state index < -0.39 is 52.3 Å². The first kappa shape index (κ1) is 33.1. The largest absolute Gasteiger partial charge is 0.569 e. The molecule has 2 aliphatic rings. The number of aromatic nitrogens is 2. The van der Waals surface area contributed by atoms with Gasteiger partial charge in [-0.15, -0.1) is 5.01 Å². The number of benzene rings is 3. The number of amides is 3. The van der Waals surface area contributed by atoms with Gasteiger partial charge in [-0.25, -0.2) is 22.7 Å². The van der Waals surface area contributed by atoms with Gasteiger partial charge in [-0.2, -0.15) is 18.3 Å². The molecular formula is C31H26F3N7O7S. The molecule has 0 radical (unpaired) electrons. The van der Waals surface area contributed by atoms with Crippen LogP contribution in [0.15, 0.2) is 89.0 Å². The first-order valence-electron chi connectivity index (χ1n) is 14.6. The number of nitrogens with one attached hydrogen (secondary N) is 1. The van der Waals surface area contributed by atoms with Crippen LogP contribution < -0.4 is 4.72 Å². The van der Waals surface area contributed by atoms with Crippen molar-refractivity contribution in [1.29, 1.82) is 0 Å². The number of hydrogen-bond acceptors (Lipinski definition) is 9. The molecule has 0 bridgehead atoms. The van der Waals surface area contributed by atoms with Crippen molar-refractivity contribution in [1.82, 2.24) is 24.4 Å². The van der Waals surface area contributed by atoms with Crippen LogP contribution in [-0.2, 0) is 25.8 Å². The number of sulfonamides is 1. The molecule has 1 atom stereocenters. The van der Waals surface area contributed by atoms with Gasteiger partial charge >= 0.3 is 6.18 Å². The summed E-state index contributed by atoms with van der Waals surface area (Å²) in [5.74, 6) is -3.04. The number of alkyl halides is 3. The molecular weight excluding hydrogens is 671 g/mol. The molecule has 3 aromatic carbocycles. The number of hydrazine groups is 1. The van der Waals surface area contributed by atoms with Crippen LogP contribution in [0.4, 0.5) is 13.2 Å². The quantitative estimate of drug-likeness (QED) is 0.117. The van der Waals surface area contributed by atoms with E-state index in [4.69, 9.17) is 4.84 Å². The maximum Gasteiger partial charge on any atom is 0.435 e. The topological polar surface area (TPSA) is 169 Å². The molecule has 2 aliphatic heterocycles. The second-order valence-electron chi connectivity index (χ2n) is 11.2. The Hall–Kier alpha value is -5.78. The molecule has 1 N–H and O–H groups in total. The Morgan fingerprint density at radius 1 is 1.04 bits per heavy atom. The highest BCUT2D eigenvalue weighted by molar-refractivity contribution is 7.90. The van der Waals surface area contributed by atoms with Gasteiger partial charge in [0.05, 0.1) is 51.4 Å². The molecule has 1 saturated heterocycles. The van der Waals surface area contributed by atoms with Crippen LogP contribution >= 0.6 is 0 Å². The number of rotatable bonds is 9. The summed E-state index contributed by atoms with van der Waals surface area (Å²) in [6.07, 6.45) is -4.63. The number of carbonyl (C=O) groups excluding carboxylic acids is 3. The summed E-state index contributed by atoms with van der Waals surface area (Å²) in [6, 6.07) is 18.6. The zero-order valence-corrected chi connectivity index (χ0v) is 26.3. The van der Waals surface area contributed by atoms with Crippen molar-refractivity contribution in [3.05, 3.63) is 106 Å². The summed E-state index contributed by atoms with van der Waals surface area (Å²) in [7, 11) is -4.41. The molecule has 0 aliphatic carbocycles. The lowest BCUT2D eigenvalue weighted by molar-refractivity contribution is -0.708. The lowest BCUT2D eigenvalue weighted by Gasteiger charge is -2.14. The fourth-order valence-electron chi connectivity index (χ4n) is 5.34. The molecule has 49 heavy (non-hydrogen) atoms. The molecule has 14 nitrogen and oxygen atoms in total. The molecule has 254 valence electrons. The van der Waals surface area contributed by atoms with Gasteiger partial charge in [0.2, 0.25) is 17.9 Å². The van der Waals surface area contributed by atoms with Gasteiger partial charge in [-0.1, -0.05) is 42.0 Å². The van der Waals surface area contributed by atoms with Crippen molar-refractivity contribution in [2.45, 2.75) is 24.4 Å². The number of carbonyl (C=O) groups is 3. The van der Waals surface area contributed by atoms with Crippen LogP contribution in [0.3, 0.4) is 0 Å². The van der Waals surface area contributed by atoms with Crippen LogP contribution in [0.5, 0.6) is 0 Å². The van der Waals surface area contributed by atoms with Gasteiger partial charge < -0.3 is 10.0 Å². The predicted molar refractivity (Wildman–Crippen MR) is 163 cm³/mol. The lowest BCUT2D eigenvalue weighted by atomic mass is 10.1. The van der Waals surface area contributed by atoms with Gasteiger partial charge in [0.1, 0.15) is 0 Å². The standard InChI is InChI=1S/C31H26F3N7O7S/c1-19-6-8-20(9-7-19)26-16-27(31(32,33)34)35-40(26)22-10-12-23(13-11-22)49(46,47)36-28(42)21-14-15-38(17-21)41(45)37-48-18-39-29(43)24-4-2-3-5-25(24)30(39)44/h2-13,16,21H,14-15,17-18H2,1H3,(H,36,42)/b41-37-. The zero-order valence-electron chi connectivity index (χ0n) is 25.5. The molecule has 1 unspecified atom stereocenters. The van der Waals surface area contributed by atoms with E-state index in [0.29, 0.717) is 5.56 Å². The maximum atomic E-state index is 13.5. The van der Waals surface area contributed by atoms with Gasteiger partial charge in [0, 0.05) is 5.56 Å². The average molecular weight is 698 g/mol. The minimum atomic E-state index is -4.72. The third kappa shape index (κ3) is 6.67. The van der Waals surface area contributed by atoms with E-state index in [1.54, 1.807) is 36.4 Å². The SMILES string of the molecule is Cc1ccc(-c2cc(C(F)(F)F)nn2-c2ccc(S(=O)(=O)NC(=O)C3CCN(/[N+]([O-])=N/OCN4C(=O)c5ccccc5C4=O)C3)cc2)cc1. The summed E-state index contributed by atoms with van der Waals surface area (Å²) in [6.45, 7) is 1.01.